The average molecular weight is 425 g/mol. The number of ether oxygens (including phenoxy) is 2. The molecule has 9 heteroatoms. The number of carbonyl (C=O) groups excluding carboxylic acids is 2. The van der Waals surface area contributed by atoms with E-state index in [-0.39, 0.29) is 18.0 Å². The van der Waals surface area contributed by atoms with Crippen molar-refractivity contribution in [2.45, 2.75) is 18.9 Å². The van der Waals surface area contributed by atoms with Gasteiger partial charge in [-0.3, -0.25) is 4.79 Å². The maximum atomic E-state index is 12.9. The van der Waals surface area contributed by atoms with Gasteiger partial charge in [-0.1, -0.05) is 12.1 Å². The number of methoxy groups -OCH3 is 1. The SMILES string of the molecule is COc1ccc(-c2ccc(C(=O)N3CCC(NC(=O)N4CCOCC4)CC3)cc2)nn1. The van der Waals surface area contributed by atoms with E-state index in [4.69, 9.17) is 9.47 Å². The van der Waals surface area contributed by atoms with Crippen molar-refractivity contribution in [2.24, 2.45) is 0 Å². The minimum atomic E-state index is -0.0368. The van der Waals surface area contributed by atoms with Crippen LogP contribution in [0.4, 0.5) is 4.79 Å². The van der Waals surface area contributed by atoms with Gasteiger partial charge in [-0.15, -0.1) is 10.2 Å². The number of piperidine rings is 1. The molecule has 0 saturated carbocycles. The van der Waals surface area contributed by atoms with Crippen LogP contribution in [0.2, 0.25) is 0 Å². The van der Waals surface area contributed by atoms with Crippen LogP contribution in [0.3, 0.4) is 0 Å². The molecule has 3 heterocycles. The second-order valence-corrected chi connectivity index (χ2v) is 7.65. The van der Waals surface area contributed by atoms with Crippen LogP contribution in [0.15, 0.2) is 36.4 Å². The van der Waals surface area contributed by atoms with Crippen molar-refractivity contribution in [3.63, 3.8) is 0 Å². The molecule has 2 aliphatic rings. The number of aromatic nitrogens is 2. The fourth-order valence-corrected chi connectivity index (χ4v) is 3.81. The maximum Gasteiger partial charge on any atom is 0.317 e. The van der Waals surface area contributed by atoms with Crippen molar-refractivity contribution in [1.82, 2.24) is 25.3 Å². The van der Waals surface area contributed by atoms with Gasteiger partial charge in [0.2, 0.25) is 5.88 Å². The molecule has 164 valence electrons. The van der Waals surface area contributed by atoms with E-state index in [0.29, 0.717) is 50.8 Å². The van der Waals surface area contributed by atoms with Crippen LogP contribution in [0.25, 0.3) is 11.3 Å². The molecule has 9 nitrogen and oxygen atoms in total. The monoisotopic (exact) mass is 425 g/mol. The summed E-state index contributed by atoms with van der Waals surface area (Å²) >= 11 is 0. The number of rotatable bonds is 4. The number of amides is 3. The first-order chi connectivity index (χ1) is 15.1. The van der Waals surface area contributed by atoms with E-state index in [9.17, 15) is 9.59 Å². The van der Waals surface area contributed by atoms with E-state index in [2.05, 4.69) is 15.5 Å². The van der Waals surface area contributed by atoms with E-state index in [0.717, 1.165) is 24.1 Å². The Morgan fingerprint density at radius 3 is 2.29 bits per heavy atom. The minimum Gasteiger partial charge on any atom is -0.480 e. The molecule has 0 aliphatic carbocycles. The van der Waals surface area contributed by atoms with Gasteiger partial charge in [0.1, 0.15) is 0 Å². The van der Waals surface area contributed by atoms with E-state index < -0.39 is 0 Å². The lowest BCUT2D eigenvalue weighted by atomic mass is 10.0. The van der Waals surface area contributed by atoms with Crippen molar-refractivity contribution in [2.75, 3.05) is 46.5 Å². The van der Waals surface area contributed by atoms with E-state index in [1.165, 1.54) is 0 Å². The fraction of sp³-hybridized carbons (Fsp3) is 0.455. The van der Waals surface area contributed by atoms with Gasteiger partial charge in [0.15, 0.2) is 0 Å². The van der Waals surface area contributed by atoms with Crippen LogP contribution < -0.4 is 10.1 Å². The predicted molar refractivity (Wildman–Crippen MR) is 114 cm³/mol. The third-order valence-corrected chi connectivity index (χ3v) is 5.68. The van der Waals surface area contributed by atoms with Crippen LogP contribution >= 0.6 is 0 Å². The first-order valence-electron chi connectivity index (χ1n) is 10.5. The zero-order chi connectivity index (χ0) is 21.6. The first-order valence-corrected chi connectivity index (χ1v) is 10.5. The Labute approximate surface area is 181 Å². The molecule has 2 aromatic rings. The molecule has 0 radical (unpaired) electrons. The molecular formula is C22H27N5O4. The van der Waals surface area contributed by atoms with Gasteiger partial charge < -0.3 is 24.6 Å². The molecule has 2 saturated heterocycles. The second kappa shape index (κ2) is 9.74. The van der Waals surface area contributed by atoms with E-state index in [1.54, 1.807) is 18.1 Å². The van der Waals surface area contributed by atoms with Gasteiger partial charge in [0.05, 0.1) is 26.0 Å². The summed E-state index contributed by atoms with van der Waals surface area (Å²) < 4.78 is 10.3. The highest BCUT2D eigenvalue weighted by atomic mass is 16.5. The molecule has 31 heavy (non-hydrogen) atoms. The zero-order valence-corrected chi connectivity index (χ0v) is 17.6. The Bertz CT molecular complexity index is 889. The van der Waals surface area contributed by atoms with Crippen LogP contribution in [0.5, 0.6) is 5.88 Å². The first kappa shape index (κ1) is 21.0. The number of carbonyl (C=O) groups is 2. The molecule has 0 unspecified atom stereocenters. The van der Waals surface area contributed by atoms with Gasteiger partial charge in [-0.05, 0) is 31.0 Å². The Kier molecular flexibility index (Phi) is 6.61. The molecule has 4 rings (SSSR count). The Morgan fingerprint density at radius 2 is 1.68 bits per heavy atom. The molecule has 1 aromatic carbocycles. The molecule has 1 aromatic heterocycles. The Morgan fingerprint density at radius 1 is 0.968 bits per heavy atom. The summed E-state index contributed by atoms with van der Waals surface area (Å²) in [7, 11) is 1.55. The summed E-state index contributed by atoms with van der Waals surface area (Å²) in [6.07, 6.45) is 1.50. The summed E-state index contributed by atoms with van der Waals surface area (Å²) in [5.74, 6) is 0.463. The van der Waals surface area contributed by atoms with Crippen molar-refractivity contribution < 1.29 is 19.1 Å². The smallest absolute Gasteiger partial charge is 0.317 e. The van der Waals surface area contributed by atoms with Crippen molar-refractivity contribution in [3.05, 3.63) is 42.0 Å². The van der Waals surface area contributed by atoms with Gasteiger partial charge in [-0.2, -0.15) is 0 Å². The summed E-state index contributed by atoms with van der Waals surface area (Å²) in [6.45, 7) is 3.67. The maximum absolute atomic E-state index is 12.9. The molecule has 0 atom stereocenters. The minimum absolute atomic E-state index is 0.00493. The summed E-state index contributed by atoms with van der Waals surface area (Å²) in [5, 5.41) is 11.2. The van der Waals surface area contributed by atoms with Gasteiger partial charge in [-0.25, -0.2) is 4.79 Å². The molecular weight excluding hydrogens is 398 g/mol. The zero-order valence-electron chi connectivity index (χ0n) is 17.6. The number of nitrogens with zero attached hydrogens (tertiary/aromatic N) is 4. The fourth-order valence-electron chi connectivity index (χ4n) is 3.81. The van der Waals surface area contributed by atoms with Crippen molar-refractivity contribution in [3.8, 4) is 17.1 Å². The Hall–Kier alpha value is -3.20. The average Bonchev–Trinajstić information content (AvgIpc) is 2.85. The summed E-state index contributed by atoms with van der Waals surface area (Å²) in [4.78, 5) is 28.9. The second-order valence-electron chi connectivity index (χ2n) is 7.65. The summed E-state index contributed by atoms with van der Waals surface area (Å²) in [6, 6.07) is 11.0. The molecule has 0 bridgehead atoms. The van der Waals surface area contributed by atoms with Crippen molar-refractivity contribution in [1.29, 1.82) is 0 Å². The van der Waals surface area contributed by atoms with Crippen molar-refractivity contribution >= 4 is 11.9 Å². The number of nitrogens with one attached hydrogen (secondary N) is 1. The highest BCUT2D eigenvalue weighted by Crippen LogP contribution is 2.20. The number of morpholine rings is 1. The van der Waals surface area contributed by atoms with Crippen LogP contribution in [0, 0.1) is 0 Å². The normalized spacial score (nSPS) is 17.3. The number of likely N-dealkylation sites (tertiary alicyclic amines) is 1. The number of urea groups is 1. The van der Waals surface area contributed by atoms with Crippen LogP contribution in [0.1, 0.15) is 23.2 Å². The highest BCUT2D eigenvalue weighted by molar-refractivity contribution is 5.94. The number of hydrogen-bond acceptors (Lipinski definition) is 6. The topological polar surface area (TPSA) is 96.9 Å². The number of hydrogen-bond donors (Lipinski definition) is 1. The van der Waals surface area contributed by atoms with Gasteiger partial charge >= 0.3 is 6.03 Å². The van der Waals surface area contributed by atoms with Crippen LogP contribution in [-0.2, 0) is 4.74 Å². The van der Waals surface area contributed by atoms with Crippen LogP contribution in [-0.4, -0.2) is 84.5 Å². The third kappa shape index (κ3) is 5.11. The lowest BCUT2D eigenvalue weighted by Crippen LogP contribution is -2.52. The lowest BCUT2D eigenvalue weighted by molar-refractivity contribution is 0.0512. The lowest BCUT2D eigenvalue weighted by Gasteiger charge is -2.34. The van der Waals surface area contributed by atoms with E-state index >= 15 is 0 Å². The van der Waals surface area contributed by atoms with Gasteiger partial charge in [0, 0.05) is 49.4 Å². The highest BCUT2D eigenvalue weighted by Gasteiger charge is 2.26. The largest absolute Gasteiger partial charge is 0.480 e. The molecule has 1 N–H and O–H groups in total. The quantitative estimate of drug-likeness (QED) is 0.802. The summed E-state index contributed by atoms with van der Waals surface area (Å²) in [5.41, 5.74) is 2.24. The van der Waals surface area contributed by atoms with Gasteiger partial charge in [0.25, 0.3) is 5.91 Å². The predicted octanol–water partition coefficient (Wildman–Crippen LogP) is 1.80. The molecule has 3 amide bonds. The molecule has 2 fully saturated rings. The Balaban J connectivity index is 1.29. The standard InChI is InChI=1S/C22H27N5O4/c1-30-20-7-6-19(24-25-20)16-2-4-17(5-3-16)21(28)26-10-8-18(9-11-26)23-22(29)27-12-14-31-15-13-27/h2-7,18H,8-15H2,1H3,(H,23,29). The number of benzene rings is 1. The molecule has 2 aliphatic heterocycles. The molecule has 0 spiro atoms. The van der Waals surface area contributed by atoms with E-state index in [1.807, 2.05) is 35.2 Å². The third-order valence-electron chi connectivity index (χ3n) is 5.68.